The Hall–Kier alpha value is -3.92. The van der Waals surface area contributed by atoms with Crippen LogP contribution in [0.2, 0.25) is 0 Å². The molecule has 0 unspecified atom stereocenters. The van der Waals surface area contributed by atoms with Gasteiger partial charge in [0, 0.05) is 59.3 Å². The molecule has 0 N–H and O–H groups in total. The van der Waals surface area contributed by atoms with Gasteiger partial charge < -0.3 is 9.13 Å². The van der Waals surface area contributed by atoms with E-state index < -0.39 is 0 Å². The minimum Gasteiger partial charge on any atom is -0.320 e. The van der Waals surface area contributed by atoms with Crippen LogP contribution in [0, 0.1) is 20.8 Å². The summed E-state index contributed by atoms with van der Waals surface area (Å²) in [5.41, 5.74) is 11.5. The summed E-state index contributed by atoms with van der Waals surface area (Å²) in [5.74, 6) is 0. The van der Waals surface area contributed by atoms with Crippen LogP contribution in [0.25, 0.3) is 38.8 Å². The molecule has 0 amide bonds. The normalized spacial score (nSPS) is 14.0. The van der Waals surface area contributed by atoms with Crippen molar-refractivity contribution in [2.75, 3.05) is 0 Å². The van der Waals surface area contributed by atoms with Crippen LogP contribution < -0.4 is 0 Å². The van der Waals surface area contributed by atoms with Gasteiger partial charge in [-0.15, -0.1) is 0 Å². The van der Waals surface area contributed by atoms with Crippen LogP contribution in [0.1, 0.15) is 35.1 Å². The number of nitrogens with zero attached hydrogens (tertiary/aromatic N) is 4. The van der Waals surface area contributed by atoms with Crippen LogP contribution in [-0.2, 0) is 0 Å². The fourth-order valence-corrected chi connectivity index (χ4v) is 5.13. The Labute approximate surface area is 193 Å². The Morgan fingerprint density at radius 1 is 0.697 bits per heavy atom. The largest absolute Gasteiger partial charge is 0.320 e. The van der Waals surface area contributed by atoms with Crippen LogP contribution in [0.4, 0.5) is 0 Å². The number of pyridine rings is 2. The van der Waals surface area contributed by atoms with E-state index >= 15 is 0 Å². The van der Waals surface area contributed by atoms with Crippen LogP contribution in [0.15, 0.2) is 79.7 Å². The summed E-state index contributed by atoms with van der Waals surface area (Å²) in [4.78, 5) is 8.58. The molecule has 33 heavy (non-hydrogen) atoms. The second-order valence-electron chi connectivity index (χ2n) is 9.00. The highest BCUT2D eigenvalue weighted by Crippen LogP contribution is 2.34. The van der Waals surface area contributed by atoms with E-state index in [1.165, 1.54) is 61.0 Å². The number of rotatable bonds is 3. The Balaban J connectivity index is 1.35. The minimum atomic E-state index is 1.02. The third kappa shape index (κ3) is 3.21. The third-order valence-corrected chi connectivity index (χ3v) is 6.88. The molecule has 162 valence electrons. The first-order chi connectivity index (χ1) is 16.1. The fraction of sp³-hybridized carbons (Fsp3) is 0.172. The molecule has 0 saturated carbocycles. The van der Waals surface area contributed by atoms with Crippen molar-refractivity contribution in [3.05, 3.63) is 102 Å². The number of aromatic nitrogens is 4. The predicted molar refractivity (Wildman–Crippen MR) is 136 cm³/mol. The van der Waals surface area contributed by atoms with E-state index in [2.05, 4.69) is 94.8 Å². The zero-order chi connectivity index (χ0) is 22.5. The van der Waals surface area contributed by atoms with Crippen molar-refractivity contribution in [1.29, 1.82) is 0 Å². The highest BCUT2D eigenvalue weighted by atomic mass is 15.0. The lowest BCUT2D eigenvalue weighted by atomic mass is 9.92. The number of fused-ring (bicyclic) bond motifs is 2. The Bertz CT molecular complexity index is 1590. The van der Waals surface area contributed by atoms with Crippen molar-refractivity contribution in [3.63, 3.8) is 0 Å². The van der Waals surface area contributed by atoms with E-state index in [1.807, 2.05) is 24.8 Å². The van der Waals surface area contributed by atoms with E-state index in [4.69, 9.17) is 0 Å². The van der Waals surface area contributed by atoms with Crippen molar-refractivity contribution in [2.45, 2.75) is 33.6 Å². The third-order valence-electron chi connectivity index (χ3n) is 6.88. The molecule has 4 aromatic heterocycles. The number of benzene rings is 1. The second-order valence-corrected chi connectivity index (χ2v) is 9.00. The highest BCUT2D eigenvalue weighted by molar-refractivity contribution is 5.87. The smallest absolute Gasteiger partial charge is 0.0562 e. The SMILES string of the molecule is Cc1cc(-n2cc(C)c3cnccc32)ccc1C1=CC=C(n2cc(C)c3cnccc32)CC1. The second kappa shape index (κ2) is 7.59. The molecule has 0 aliphatic heterocycles. The van der Waals surface area contributed by atoms with E-state index in [0.717, 1.165) is 12.8 Å². The summed E-state index contributed by atoms with van der Waals surface area (Å²) < 4.78 is 4.59. The van der Waals surface area contributed by atoms with Gasteiger partial charge >= 0.3 is 0 Å². The molecule has 0 spiro atoms. The van der Waals surface area contributed by atoms with Crippen molar-refractivity contribution in [1.82, 2.24) is 19.1 Å². The molecular formula is C29H26N4. The van der Waals surface area contributed by atoms with Gasteiger partial charge in [-0.25, -0.2) is 0 Å². The van der Waals surface area contributed by atoms with Gasteiger partial charge in [0.1, 0.15) is 0 Å². The molecular weight excluding hydrogens is 404 g/mol. The molecule has 6 rings (SSSR count). The standard InChI is InChI=1S/C29H26N4/c1-19-14-24(33-18-21(3)27-16-31-13-11-29(27)33)8-9-25(19)22-4-6-23(7-5-22)32-17-20(2)26-15-30-12-10-28(26)32/h4,6,8-18H,5,7H2,1-3H3. The zero-order valence-electron chi connectivity index (χ0n) is 19.2. The highest BCUT2D eigenvalue weighted by Gasteiger charge is 2.15. The van der Waals surface area contributed by atoms with E-state index in [9.17, 15) is 0 Å². The van der Waals surface area contributed by atoms with Crippen LogP contribution in [0.3, 0.4) is 0 Å². The molecule has 1 aliphatic rings. The minimum absolute atomic E-state index is 1.02. The molecule has 4 heteroatoms. The lowest BCUT2D eigenvalue weighted by Crippen LogP contribution is -2.01. The van der Waals surface area contributed by atoms with Gasteiger partial charge in [-0.2, -0.15) is 0 Å². The summed E-state index contributed by atoms with van der Waals surface area (Å²) >= 11 is 0. The van der Waals surface area contributed by atoms with Gasteiger partial charge in [0.25, 0.3) is 0 Å². The van der Waals surface area contributed by atoms with Crippen LogP contribution >= 0.6 is 0 Å². The molecule has 5 aromatic rings. The van der Waals surface area contributed by atoms with Crippen LogP contribution in [-0.4, -0.2) is 19.1 Å². The van der Waals surface area contributed by atoms with Crippen molar-refractivity contribution < 1.29 is 0 Å². The number of hydrogen-bond donors (Lipinski definition) is 0. The van der Waals surface area contributed by atoms with E-state index in [1.54, 1.807) is 0 Å². The summed E-state index contributed by atoms with van der Waals surface area (Å²) in [6.07, 6.45) is 18.7. The first-order valence-electron chi connectivity index (χ1n) is 11.4. The Morgan fingerprint density at radius 2 is 1.36 bits per heavy atom. The molecule has 0 bridgehead atoms. The van der Waals surface area contributed by atoms with Gasteiger partial charge in [-0.3, -0.25) is 9.97 Å². The van der Waals surface area contributed by atoms with Crippen molar-refractivity contribution in [2.24, 2.45) is 0 Å². The van der Waals surface area contributed by atoms with Gasteiger partial charge in [0.15, 0.2) is 0 Å². The van der Waals surface area contributed by atoms with Crippen molar-refractivity contribution in [3.8, 4) is 5.69 Å². The Kier molecular flexibility index (Phi) is 4.54. The van der Waals surface area contributed by atoms with Crippen molar-refractivity contribution >= 4 is 33.1 Å². The quantitative estimate of drug-likeness (QED) is 0.308. The number of allylic oxidation sites excluding steroid dienone is 4. The molecule has 1 aliphatic carbocycles. The van der Waals surface area contributed by atoms with Gasteiger partial charge in [-0.1, -0.05) is 12.1 Å². The zero-order valence-corrected chi connectivity index (χ0v) is 19.2. The lowest BCUT2D eigenvalue weighted by Gasteiger charge is -2.19. The van der Waals surface area contributed by atoms with E-state index in [0.29, 0.717) is 0 Å². The molecule has 1 aromatic carbocycles. The maximum atomic E-state index is 4.29. The molecule has 0 atom stereocenters. The van der Waals surface area contributed by atoms with Gasteiger partial charge in [0.05, 0.1) is 11.0 Å². The first-order valence-corrected chi connectivity index (χ1v) is 11.4. The van der Waals surface area contributed by atoms with Gasteiger partial charge in [0.2, 0.25) is 0 Å². The molecule has 0 radical (unpaired) electrons. The average molecular weight is 431 g/mol. The maximum Gasteiger partial charge on any atom is 0.0562 e. The number of hydrogen-bond acceptors (Lipinski definition) is 2. The molecule has 0 saturated heterocycles. The number of aryl methyl sites for hydroxylation is 3. The Morgan fingerprint density at radius 3 is 2.00 bits per heavy atom. The topological polar surface area (TPSA) is 35.6 Å². The van der Waals surface area contributed by atoms with Crippen LogP contribution in [0.5, 0.6) is 0 Å². The lowest BCUT2D eigenvalue weighted by molar-refractivity contribution is 0.971. The average Bonchev–Trinajstić information content (AvgIpc) is 3.37. The fourth-order valence-electron chi connectivity index (χ4n) is 5.13. The molecule has 4 heterocycles. The summed E-state index contributed by atoms with van der Waals surface area (Å²) in [6.45, 7) is 6.52. The predicted octanol–water partition coefficient (Wildman–Crippen LogP) is 7.02. The maximum absolute atomic E-state index is 4.29. The summed E-state index contributed by atoms with van der Waals surface area (Å²) in [6, 6.07) is 11.0. The first kappa shape index (κ1) is 19.7. The summed E-state index contributed by atoms with van der Waals surface area (Å²) in [7, 11) is 0. The van der Waals surface area contributed by atoms with Gasteiger partial charge in [-0.05, 0) is 91.8 Å². The molecule has 4 nitrogen and oxygen atoms in total. The molecule has 0 fully saturated rings. The van der Waals surface area contributed by atoms with E-state index in [-0.39, 0.29) is 0 Å². The monoisotopic (exact) mass is 430 g/mol. The summed E-state index contributed by atoms with van der Waals surface area (Å²) in [5, 5.41) is 2.43.